The minimum Gasteiger partial charge on any atom is -0.385 e. The van der Waals surface area contributed by atoms with Crippen LogP contribution >= 0.6 is 0 Å². The Morgan fingerprint density at radius 1 is 1.16 bits per heavy atom. The van der Waals surface area contributed by atoms with Crippen LogP contribution in [0.15, 0.2) is 24.3 Å². The van der Waals surface area contributed by atoms with Crippen LogP contribution in [0, 0.1) is 0 Å². The topological polar surface area (TPSA) is 41.7 Å². The lowest BCUT2D eigenvalue weighted by molar-refractivity contribution is 0.166. The van der Waals surface area contributed by atoms with E-state index >= 15 is 0 Å². The predicted octanol–water partition coefficient (Wildman–Crippen LogP) is 1.72. The molecular weight excluding hydrogens is 238 g/mol. The maximum Gasteiger partial charge on any atom is 0.0474 e. The number of hydrogen-bond acceptors (Lipinski definition) is 4. The molecule has 0 aliphatic rings. The second kappa shape index (κ2) is 8.15. The van der Waals surface area contributed by atoms with Crippen molar-refractivity contribution in [2.24, 2.45) is 5.73 Å². The van der Waals surface area contributed by atoms with E-state index in [9.17, 15) is 0 Å². The maximum absolute atomic E-state index is 5.92. The Morgan fingerprint density at radius 3 is 2.26 bits per heavy atom. The Kier molecular flexibility index (Phi) is 6.84. The van der Waals surface area contributed by atoms with Crippen LogP contribution in [0.3, 0.4) is 0 Å². The Balaban J connectivity index is 2.67. The fourth-order valence-electron chi connectivity index (χ4n) is 2.18. The van der Waals surface area contributed by atoms with E-state index in [-0.39, 0.29) is 6.04 Å². The van der Waals surface area contributed by atoms with Crippen LogP contribution in [0.25, 0.3) is 0 Å². The zero-order valence-electron chi connectivity index (χ0n) is 12.6. The van der Waals surface area contributed by atoms with Gasteiger partial charge in [0.2, 0.25) is 0 Å². The molecule has 1 aromatic rings. The van der Waals surface area contributed by atoms with Gasteiger partial charge in [0, 0.05) is 52.6 Å². The molecule has 0 aliphatic carbocycles. The third-order valence-corrected chi connectivity index (χ3v) is 3.41. The molecule has 1 aromatic carbocycles. The van der Waals surface area contributed by atoms with Crippen molar-refractivity contribution in [1.82, 2.24) is 4.90 Å². The second-order valence-corrected chi connectivity index (χ2v) is 5.06. The van der Waals surface area contributed by atoms with Crippen LogP contribution in [-0.4, -0.2) is 52.8 Å². The summed E-state index contributed by atoms with van der Waals surface area (Å²) in [5, 5.41) is 0. The second-order valence-electron chi connectivity index (χ2n) is 5.06. The van der Waals surface area contributed by atoms with Crippen LogP contribution in [-0.2, 0) is 4.74 Å². The van der Waals surface area contributed by atoms with Crippen molar-refractivity contribution in [2.75, 3.05) is 52.8 Å². The summed E-state index contributed by atoms with van der Waals surface area (Å²) in [6.45, 7) is 2.41. The summed E-state index contributed by atoms with van der Waals surface area (Å²) in [6.07, 6.45) is 1.03. The van der Waals surface area contributed by atoms with E-state index in [4.69, 9.17) is 10.5 Å². The summed E-state index contributed by atoms with van der Waals surface area (Å²) in [5.41, 5.74) is 8.41. The minimum absolute atomic E-state index is 0.271. The highest BCUT2D eigenvalue weighted by Crippen LogP contribution is 2.21. The lowest BCUT2D eigenvalue weighted by Gasteiger charge is -2.27. The highest BCUT2D eigenvalue weighted by Gasteiger charge is 2.15. The number of benzene rings is 1. The fraction of sp³-hybridized carbons (Fsp3) is 0.600. The van der Waals surface area contributed by atoms with E-state index in [0.717, 1.165) is 19.6 Å². The lowest BCUT2D eigenvalue weighted by atomic mass is 10.0. The monoisotopic (exact) mass is 265 g/mol. The molecule has 1 atom stereocenters. The van der Waals surface area contributed by atoms with Crippen molar-refractivity contribution in [2.45, 2.75) is 12.5 Å². The van der Waals surface area contributed by atoms with Gasteiger partial charge >= 0.3 is 0 Å². The molecule has 0 saturated heterocycles. The molecule has 108 valence electrons. The van der Waals surface area contributed by atoms with Crippen molar-refractivity contribution >= 4 is 5.69 Å². The highest BCUT2D eigenvalue weighted by molar-refractivity contribution is 5.46. The van der Waals surface area contributed by atoms with Gasteiger partial charge in [-0.15, -0.1) is 0 Å². The predicted molar refractivity (Wildman–Crippen MR) is 81.7 cm³/mol. The van der Waals surface area contributed by atoms with Gasteiger partial charge in [0.1, 0.15) is 0 Å². The van der Waals surface area contributed by atoms with E-state index in [0.29, 0.717) is 6.54 Å². The SMILES string of the molecule is COCCCN(C)C(CN)c1ccc(N(C)C)cc1. The van der Waals surface area contributed by atoms with Crippen molar-refractivity contribution in [3.8, 4) is 0 Å². The largest absolute Gasteiger partial charge is 0.385 e. The van der Waals surface area contributed by atoms with Crippen LogP contribution in [0.1, 0.15) is 18.0 Å². The normalized spacial score (nSPS) is 12.7. The molecule has 0 amide bonds. The van der Waals surface area contributed by atoms with Gasteiger partial charge in [-0.1, -0.05) is 12.1 Å². The van der Waals surface area contributed by atoms with E-state index in [1.54, 1.807) is 7.11 Å². The van der Waals surface area contributed by atoms with E-state index in [1.165, 1.54) is 11.3 Å². The van der Waals surface area contributed by atoms with Crippen molar-refractivity contribution < 1.29 is 4.74 Å². The molecule has 0 aliphatic heterocycles. The molecule has 0 spiro atoms. The number of anilines is 1. The summed E-state index contributed by atoms with van der Waals surface area (Å²) in [6, 6.07) is 8.88. The van der Waals surface area contributed by atoms with Crippen molar-refractivity contribution in [1.29, 1.82) is 0 Å². The van der Waals surface area contributed by atoms with Gasteiger partial charge in [-0.05, 0) is 31.2 Å². The summed E-state index contributed by atoms with van der Waals surface area (Å²) in [5.74, 6) is 0. The zero-order chi connectivity index (χ0) is 14.3. The van der Waals surface area contributed by atoms with Gasteiger partial charge in [0.25, 0.3) is 0 Å². The molecule has 1 rings (SSSR count). The summed E-state index contributed by atoms with van der Waals surface area (Å²) < 4.78 is 5.09. The third-order valence-electron chi connectivity index (χ3n) is 3.41. The number of ether oxygens (including phenoxy) is 1. The van der Waals surface area contributed by atoms with Crippen LogP contribution in [0.5, 0.6) is 0 Å². The smallest absolute Gasteiger partial charge is 0.0474 e. The van der Waals surface area contributed by atoms with Crippen LogP contribution < -0.4 is 10.6 Å². The van der Waals surface area contributed by atoms with Gasteiger partial charge in [-0.3, -0.25) is 4.90 Å². The number of nitrogens with two attached hydrogens (primary N) is 1. The molecule has 19 heavy (non-hydrogen) atoms. The molecule has 0 saturated carbocycles. The third kappa shape index (κ3) is 4.82. The highest BCUT2D eigenvalue weighted by atomic mass is 16.5. The van der Waals surface area contributed by atoms with E-state index < -0.39 is 0 Å². The Morgan fingerprint density at radius 2 is 1.79 bits per heavy atom. The Bertz CT molecular complexity index is 351. The number of methoxy groups -OCH3 is 1. The van der Waals surface area contributed by atoms with Gasteiger partial charge in [-0.25, -0.2) is 0 Å². The minimum atomic E-state index is 0.271. The molecule has 2 N–H and O–H groups in total. The molecule has 4 nitrogen and oxygen atoms in total. The van der Waals surface area contributed by atoms with E-state index in [2.05, 4.69) is 41.1 Å². The maximum atomic E-state index is 5.92. The number of nitrogens with zero attached hydrogens (tertiary/aromatic N) is 2. The first-order valence-corrected chi connectivity index (χ1v) is 6.76. The van der Waals surface area contributed by atoms with Crippen LogP contribution in [0.2, 0.25) is 0 Å². The van der Waals surface area contributed by atoms with Gasteiger partial charge in [0.05, 0.1) is 0 Å². The first kappa shape index (κ1) is 16.0. The van der Waals surface area contributed by atoms with Crippen molar-refractivity contribution in [3.05, 3.63) is 29.8 Å². The molecular formula is C15H27N3O. The van der Waals surface area contributed by atoms with E-state index in [1.807, 2.05) is 14.1 Å². The lowest BCUT2D eigenvalue weighted by Crippen LogP contribution is -2.31. The molecule has 0 heterocycles. The average Bonchev–Trinajstić information content (AvgIpc) is 2.40. The number of hydrogen-bond donors (Lipinski definition) is 1. The first-order chi connectivity index (χ1) is 9.10. The van der Waals surface area contributed by atoms with Gasteiger partial charge < -0.3 is 15.4 Å². The number of likely N-dealkylation sites (N-methyl/N-ethyl adjacent to an activating group) is 1. The quantitative estimate of drug-likeness (QED) is 0.727. The van der Waals surface area contributed by atoms with Gasteiger partial charge in [0.15, 0.2) is 0 Å². The first-order valence-electron chi connectivity index (χ1n) is 6.76. The standard InChI is InChI=1S/C15H27N3O/c1-17(2)14-8-6-13(7-9-14)15(12-16)18(3)10-5-11-19-4/h6-9,15H,5,10-12,16H2,1-4H3. The molecule has 0 fully saturated rings. The molecule has 0 bridgehead atoms. The molecule has 0 radical (unpaired) electrons. The van der Waals surface area contributed by atoms with Gasteiger partial charge in [-0.2, -0.15) is 0 Å². The zero-order valence-corrected chi connectivity index (χ0v) is 12.6. The average molecular weight is 265 g/mol. The van der Waals surface area contributed by atoms with Crippen molar-refractivity contribution in [3.63, 3.8) is 0 Å². The summed E-state index contributed by atoms with van der Waals surface area (Å²) in [4.78, 5) is 4.40. The fourth-order valence-corrected chi connectivity index (χ4v) is 2.18. The Hall–Kier alpha value is -1.10. The summed E-state index contributed by atoms with van der Waals surface area (Å²) in [7, 11) is 7.95. The van der Waals surface area contributed by atoms with Crippen LogP contribution in [0.4, 0.5) is 5.69 Å². The molecule has 1 unspecified atom stereocenters. The number of rotatable bonds is 8. The summed E-state index contributed by atoms with van der Waals surface area (Å²) >= 11 is 0. The Labute approximate surface area is 117 Å². The molecule has 0 aromatic heterocycles. The molecule has 4 heteroatoms.